The summed E-state index contributed by atoms with van der Waals surface area (Å²) in [6, 6.07) is 5.42. The van der Waals surface area contributed by atoms with E-state index in [0.717, 1.165) is 54.0 Å². The Kier molecular flexibility index (Phi) is 10.9. The lowest BCUT2D eigenvalue weighted by Gasteiger charge is -2.28. The molecular weight excluding hydrogens is 536 g/mol. The fraction of sp³-hybridized carbons (Fsp3) is 0.586. The molecular formula is C29H39ClN4O4S. The molecule has 1 aliphatic carbocycles. The number of benzene rings is 1. The van der Waals surface area contributed by atoms with E-state index in [1.165, 1.54) is 11.3 Å². The second kappa shape index (κ2) is 14.3. The van der Waals surface area contributed by atoms with Gasteiger partial charge in [-0.15, -0.1) is 11.3 Å². The van der Waals surface area contributed by atoms with Crippen LogP contribution in [0.2, 0.25) is 5.02 Å². The van der Waals surface area contributed by atoms with Gasteiger partial charge in [0.2, 0.25) is 11.8 Å². The van der Waals surface area contributed by atoms with E-state index in [1.54, 1.807) is 13.1 Å². The van der Waals surface area contributed by atoms with Crippen LogP contribution in [0, 0.1) is 11.8 Å². The molecule has 2 heterocycles. The maximum Gasteiger partial charge on any atom is 0.224 e. The number of carbonyl (C=O) groups is 3. The molecule has 10 heteroatoms. The first-order chi connectivity index (χ1) is 18.8. The van der Waals surface area contributed by atoms with Crippen molar-refractivity contribution in [2.24, 2.45) is 11.8 Å². The molecule has 1 aromatic heterocycles. The molecule has 212 valence electrons. The number of nitrogens with one attached hydrogen (secondary N) is 2. The van der Waals surface area contributed by atoms with Crippen LogP contribution in [-0.2, 0) is 25.5 Å². The molecule has 4 rings (SSSR count). The minimum atomic E-state index is -0.558. The summed E-state index contributed by atoms with van der Waals surface area (Å²) in [4.78, 5) is 45.8. The van der Waals surface area contributed by atoms with Crippen molar-refractivity contribution >= 4 is 50.8 Å². The quantitative estimate of drug-likeness (QED) is 0.349. The number of thiazole rings is 1. The summed E-state index contributed by atoms with van der Waals surface area (Å²) in [5.41, 5.74) is 1.44. The van der Waals surface area contributed by atoms with E-state index in [9.17, 15) is 14.4 Å². The molecule has 0 bridgehead atoms. The lowest BCUT2D eigenvalue weighted by atomic mass is 9.91. The van der Waals surface area contributed by atoms with Crippen LogP contribution >= 0.6 is 22.9 Å². The van der Waals surface area contributed by atoms with E-state index in [-0.39, 0.29) is 30.1 Å². The lowest BCUT2D eigenvalue weighted by molar-refractivity contribution is -0.131. The third-order valence-corrected chi connectivity index (χ3v) is 9.06. The number of ether oxygens (including phenoxy) is 1. The van der Waals surface area contributed by atoms with Gasteiger partial charge in [0, 0.05) is 62.6 Å². The van der Waals surface area contributed by atoms with E-state index in [2.05, 4.69) is 27.1 Å². The Labute approximate surface area is 239 Å². The lowest BCUT2D eigenvalue weighted by Crippen LogP contribution is -2.44. The predicted molar refractivity (Wildman–Crippen MR) is 155 cm³/mol. The highest BCUT2D eigenvalue weighted by Gasteiger charge is 2.31. The first kappa shape index (κ1) is 29.6. The second-order valence-corrected chi connectivity index (χ2v) is 12.2. The Morgan fingerprint density at radius 3 is 2.69 bits per heavy atom. The van der Waals surface area contributed by atoms with Gasteiger partial charge in [-0.1, -0.05) is 31.0 Å². The first-order valence-electron chi connectivity index (χ1n) is 13.9. The average molecular weight is 575 g/mol. The Morgan fingerprint density at radius 2 is 1.97 bits per heavy atom. The largest absolute Gasteiger partial charge is 0.379 e. The predicted octanol–water partition coefficient (Wildman–Crippen LogP) is 4.16. The Bertz CT molecular complexity index is 1170. The van der Waals surface area contributed by atoms with E-state index >= 15 is 0 Å². The molecule has 2 atom stereocenters. The van der Waals surface area contributed by atoms with Gasteiger partial charge < -0.3 is 15.4 Å². The molecule has 1 saturated carbocycles. The topological polar surface area (TPSA) is 101 Å². The molecule has 0 radical (unpaired) electrons. The van der Waals surface area contributed by atoms with Crippen molar-refractivity contribution < 1.29 is 19.1 Å². The van der Waals surface area contributed by atoms with Crippen molar-refractivity contribution in [2.45, 2.75) is 57.4 Å². The molecule has 39 heavy (non-hydrogen) atoms. The van der Waals surface area contributed by atoms with Crippen molar-refractivity contribution in [3.05, 3.63) is 40.4 Å². The Hall–Kier alpha value is -2.33. The second-order valence-electron chi connectivity index (χ2n) is 10.6. The highest BCUT2D eigenvalue weighted by Crippen LogP contribution is 2.31. The summed E-state index contributed by atoms with van der Waals surface area (Å²) in [5.74, 6) is -0.524. The highest BCUT2D eigenvalue weighted by atomic mass is 35.5. The number of halogens is 1. The number of morpholine rings is 1. The summed E-state index contributed by atoms with van der Waals surface area (Å²) in [6.45, 7) is 7.58. The van der Waals surface area contributed by atoms with Gasteiger partial charge in [-0.25, -0.2) is 4.98 Å². The Balaban J connectivity index is 1.41. The summed E-state index contributed by atoms with van der Waals surface area (Å²) < 4.78 is 6.35. The van der Waals surface area contributed by atoms with Gasteiger partial charge >= 0.3 is 0 Å². The third kappa shape index (κ3) is 8.58. The standard InChI is InChI=1S/C29H39ClN4O4S/c1-19(18-34-11-13-38-14-12-34)25(35)10-9-23(20-5-3-4-6-20)33-29(37)21(15-27(36)31-2)16-28-32-24-8-7-22(30)17-26(24)39-28/h7-8,17,20-21,23H,1,3-6,9-16,18H2,2H3,(H,31,36)(H,33,37)/t21-,23+/m0/s1. The zero-order valence-electron chi connectivity index (χ0n) is 22.7. The highest BCUT2D eigenvalue weighted by molar-refractivity contribution is 7.18. The normalized spacial score (nSPS) is 18.1. The van der Waals surface area contributed by atoms with Crippen molar-refractivity contribution in [1.29, 1.82) is 0 Å². The number of hydrogen-bond donors (Lipinski definition) is 2. The summed E-state index contributed by atoms with van der Waals surface area (Å²) in [5, 5.41) is 7.33. The third-order valence-electron chi connectivity index (χ3n) is 7.79. The minimum Gasteiger partial charge on any atom is -0.379 e. The van der Waals surface area contributed by atoms with Crippen LogP contribution < -0.4 is 10.6 Å². The molecule has 2 aliphatic rings. The number of carbonyl (C=O) groups excluding carboxylic acids is 3. The van der Waals surface area contributed by atoms with Crippen molar-refractivity contribution in [3.8, 4) is 0 Å². The average Bonchev–Trinajstić information content (AvgIpc) is 3.60. The van der Waals surface area contributed by atoms with Crippen molar-refractivity contribution in [3.63, 3.8) is 0 Å². The molecule has 1 aromatic carbocycles. The van der Waals surface area contributed by atoms with Crippen molar-refractivity contribution in [2.75, 3.05) is 39.9 Å². The number of Topliss-reactive ketones (excluding diaryl/α,β-unsaturated/α-hetero) is 1. The molecule has 2 aromatic rings. The van der Waals surface area contributed by atoms with Gasteiger partial charge in [-0.05, 0) is 43.4 Å². The molecule has 0 unspecified atom stereocenters. The summed E-state index contributed by atoms with van der Waals surface area (Å²) in [7, 11) is 1.58. The summed E-state index contributed by atoms with van der Waals surface area (Å²) in [6.07, 6.45) is 5.69. The minimum absolute atomic E-state index is 0.0498. The number of nitrogens with zero attached hydrogens (tertiary/aromatic N) is 2. The van der Waals surface area contributed by atoms with E-state index < -0.39 is 5.92 Å². The zero-order chi connectivity index (χ0) is 27.8. The smallest absolute Gasteiger partial charge is 0.224 e. The van der Waals surface area contributed by atoms with Crippen molar-refractivity contribution in [1.82, 2.24) is 20.5 Å². The first-order valence-corrected chi connectivity index (χ1v) is 15.1. The molecule has 1 aliphatic heterocycles. The van der Waals surface area contributed by atoms with Gasteiger partial charge in [-0.2, -0.15) is 0 Å². The van der Waals surface area contributed by atoms with Gasteiger partial charge in [0.15, 0.2) is 5.78 Å². The SMILES string of the molecule is C=C(CN1CCOCC1)C(=O)CC[C@@H](NC(=O)[C@@H](CC(=O)NC)Cc1nc2ccc(Cl)cc2s1)C1CCCC1. The van der Waals surface area contributed by atoms with Crippen LogP contribution in [0.5, 0.6) is 0 Å². The fourth-order valence-electron chi connectivity index (χ4n) is 5.49. The van der Waals surface area contributed by atoms with Gasteiger partial charge in [0.1, 0.15) is 0 Å². The monoisotopic (exact) mass is 574 g/mol. The zero-order valence-corrected chi connectivity index (χ0v) is 24.2. The van der Waals surface area contributed by atoms with Crippen LogP contribution in [0.15, 0.2) is 30.4 Å². The van der Waals surface area contributed by atoms with E-state index in [4.69, 9.17) is 16.3 Å². The number of aromatic nitrogens is 1. The van der Waals surface area contributed by atoms with Gasteiger partial charge in [0.25, 0.3) is 0 Å². The molecule has 2 amide bonds. The Morgan fingerprint density at radius 1 is 1.23 bits per heavy atom. The molecule has 0 spiro atoms. The molecule has 2 N–H and O–H groups in total. The van der Waals surface area contributed by atoms with Crippen LogP contribution in [-0.4, -0.2) is 73.4 Å². The van der Waals surface area contributed by atoms with E-state index in [0.29, 0.717) is 55.5 Å². The number of amides is 2. The maximum absolute atomic E-state index is 13.6. The fourth-order valence-corrected chi connectivity index (χ4v) is 6.82. The van der Waals surface area contributed by atoms with Crippen LogP contribution in [0.4, 0.5) is 0 Å². The number of rotatable bonds is 13. The summed E-state index contributed by atoms with van der Waals surface area (Å²) >= 11 is 7.63. The molecule has 2 fully saturated rings. The van der Waals surface area contributed by atoms with Crippen LogP contribution in [0.25, 0.3) is 10.2 Å². The van der Waals surface area contributed by atoms with Crippen LogP contribution in [0.1, 0.15) is 50.0 Å². The van der Waals surface area contributed by atoms with Crippen LogP contribution in [0.3, 0.4) is 0 Å². The van der Waals surface area contributed by atoms with Gasteiger partial charge in [-0.3, -0.25) is 19.3 Å². The molecule has 1 saturated heterocycles. The maximum atomic E-state index is 13.6. The van der Waals surface area contributed by atoms with Gasteiger partial charge in [0.05, 0.1) is 34.4 Å². The number of hydrogen-bond acceptors (Lipinski definition) is 7. The number of ketones is 1. The van der Waals surface area contributed by atoms with E-state index in [1.807, 2.05) is 12.1 Å². The molecule has 8 nitrogen and oxygen atoms in total. The number of fused-ring (bicyclic) bond motifs is 1.